The summed E-state index contributed by atoms with van der Waals surface area (Å²) in [5.41, 5.74) is 2.89. The lowest BCUT2D eigenvalue weighted by Crippen LogP contribution is -2.38. The minimum absolute atomic E-state index is 0.0412. The average molecular weight is 386 g/mol. The fraction of sp³-hybridized carbons (Fsp3) is 0.619. The Labute approximate surface area is 166 Å². The molecule has 2 aromatic heterocycles. The number of fused-ring (bicyclic) bond motifs is 1. The van der Waals surface area contributed by atoms with Crippen LogP contribution in [0.5, 0.6) is 0 Å². The summed E-state index contributed by atoms with van der Waals surface area (Å²) in [7, 11) is 1.94. The fourth-order valence-electron chi connectivity index (χ4n) is 4.40. The Balaban J connectivity index is 1.34. The summed E-state index contributed by atoms with van der Waals surface area (Å²) in [5, 5.41) is 11.2. The number of hydrogen-bond donors (Lipinski definition) is 2. The number of aryl methyl sites for hydroxylation is 1. The van der Waals surface area contributed by atoms with E-state index in [0.29, 0.717) is 24.8 Å². The van der Waals surface area contributed by atoms with Crippen LogP contribution in [-0.4, -0.2) is 52.8 Å². The third-order valence-corrected chi connectivity index (χ3v) is 5.98. The predicted molar refractivity (Wildman–Crippen MR) is 107 cm³/mol. The molecule has 1 saturated heterocycles. The van der Waals surface area contributed by atoms with Gasteiger partial charge in [0.05, 0.1) is 12.8 Å². The highest BCUT2D eigenvalue weighted by Gasteiger charge is 2.28. The van der Waals surface area contributed by atoms with Gasteiger partial charge in [-0.15, -0.1) is 0 Å². The normalized spacial score (nSPS) is 20.1. The van der Waals surface area contributed by atoms with E-state index in [-0.39, 0.29) is 5.91 Å². The molecular weight excluding hydrogens is 354 g/mol. The Morgan fingerprint density at radius 2 is 2.18 bits per heavy atom. The Kier molecular flexibility index (Phi) is 6.12. The van der Waals surface area contributed by atoms with E-state index in [2.05, 4.69) is 20.6 Å². The second kappa shape index (κ2) is 8.92. The Morgan fingerprint density at radius 1 is 1.32 bits per heavy atom. The number of nitrogens with one attached hydrogen (secondary N) is 2. The molecule has 3 heterocycles. The van der Waals surface area contributed by atoms with Gasteiger partial charge in [0.15, 0.2) is 5.69 Å². The third kappa shape index (κ3) is 4.47. The van der Waals surface area contributed by atoms with E-state index in [9.17, 15) is 4.79 Å². The number of piperidine rings is 1. The number of amides is 1. The standard InChI is InChI=1S/C21H31N5O2/c1-25-19-8-7-16(23-15-17-6-5-13-28-17)14-18(19)20(24-25)21(27)22-9-12-26-10-3-2-4-11-26/h5-6,13,16,23H,2-4,7-12,14-15H2,1H3,(H,22,27)/t16-/m1/s1. The lowest BCUT2D eigenvalue weighted by molar-refractivity contribution is 0.0939. The summed E-state index contributed by atoms with van der Waals surface area (Å²) in [6.45, 7) is 4.62. The first kappa shape index (κ1) is 19.2. The van der Waals surface area contributed by atoms with E-state index in [1.165, 1.54) is 25.0 Å². The van der Waals surface area contributed by atoms with Crippen molar-refractivity contribution >= 4 is 5.91 Å². The van der Waals surface area contributed by atoms with Crippen LogP contribution < -0.4 is 10.6 Å². The zero-order valence-corrected chi connectivity index (χ0v) is 16.7. The first-order valence-electron chi connectivity index (χ1n) is 10.5. The van der Waals surface area contributed by atoms with Crippen molar-refractivity contribution in [3.8, 4) is 0 Å². The van der Waals surface area contributed by atoms with Crippen LogP contribution in [-0.2, 0) is 26.4 Å². The van der Waals surface area contributed by atoms with Crippen LogP contribution in [0.25, 0.3) is 0 Å². The van der Waals surface area contributed by atoms with Crippen molar-refractivity contribution in [2.75, 3.05) is 26.2 Å². The smallest absolute Gasteiger partial charge is 0.272 e. The molecule has 7 heteroatoms. The maximum absolute atomic E-state index is 12.8. The van der Waals surface area contributed by atoms with Gasteiger partial charge in [-0.05, 0) is 57.3 Å². The number of nitrogens with zero attached hydrogens (tertiary/aromatic N) is 3. The molecule has 0 spiro atoms. The monoisotopic (exact) mass is 385 g/mol. The van der Waals surface area contributed by atoms with Gasteiger partial charge in [-0.2, -0.15) is 5.10 Å². The van der Waals surface area contributed by atoms with Crippen molar-refractivity contribution in [3.63, 3.8) is 0 Å². The molecule has 7 nitrogen and oxygen atoms in total. The van der Waals surface area contributed by atoms with E-state index in [4.69, 9.17) is 4.42 Å². The molecule has 0 saturated carbocycles. The zero-order chi connectivity index (χ0) is 19.3. The van der Waals surface area contributed by atoms with Crippen LogP contribution >= 0.6 is 0 Å². The first-order valence-corrected chi connectivity index (χ1v) is 10.5. The zero-order valence-electron chi connectivity index (χ0n) is 16.7. The van der Waals surface area contributed by atoms with Crippen molar-refractivity contribution in [3.05, 3.63) is 41.1 Å². The topological polar surface area (TPSA) is 75.3 Å². The SMILES string of the molecule is Cn1nc(C(=O)NCCN2CCCCC2)c2c1CC[C@@H](NCc1ccco1)C2. The molecule has 152 valence electrons. The van der Waals surface area contributed by atoms with E-state index in [0.717, 1.165) is 50.2 Å². The molecule has 1 amide bonds. The molecule has 4 rings (SSSR count). The van der Waals surface area contributed by atoms with Crippen LogP contribution in [0.2, 0.25) is 0 Å². The van der Waals surface area contributed by atoms with Gasteiger partial charge in [0, 0.05) is 37.4 Å². The lowest BCUT2D eigenvalue weighted by atomic mass is 9.91. The number of hydrogen-bond acceptors (Lipinski definition) is 5. The summed E-state index contributed by atoms with van der Waals surface area (Å²) < 4.78 is 7.29. The second-order valence-corrected chi connectivity index (χ2v) is 7.96. The first-order chi connectivity index (χ1) is 13.7. The Bertz CT molecular complexity index is 777. The van der Waals surface area contributed by atoms with Gasteiger partial charge >= 0.3 is 0 Å². The molecule has 1 atom stereocenters. The van der Waals surface area contributed by atoms with Crippen molar-refractivity contribution in [1.82, 2.24) is 25.3 Å². The highest BCUT2D eigenvalue weighted by atomic mass is 16.3. The lowest BCUT2D eigenvalue weighted by Gasteiger charge is -2.26. The van der Waals surface area contributed by atoms with E-state index >= 15 is 0 Å². The number of carbonyl (C=O) groups excluding carboxylic acids is 1. The van der Waals surface area contributed by atoms with Gasteiger partial charge in [0.25, 0.3) is 5.91 Å². The van der Waals surface area contributed by atoms with Crippen LogP contribution in [0.4, 0.5) is 0 Å². The highest BCUT2D eigenvalue weighted by Crippen LogP contribution is 2.24. The van der Waals surface area contributed by atoms with Crippen molar-refractivity contribution < 1.29 is 9.21 Å². The molecule has 2 aromatic rings. The summed E-state index contributed by atoms with van der Waals surface area (Å²) >= 11 is 0. The van der Waals surface area contributed by atoms with E-state index < -0.39 is 0 Å². The predicted octanol–water partition coefficient (Wildman–Crippen LogP) is 1.88. The van der Waals surface area contributed by atoms with Crippen LogP contribution in [0, 0.1) is 0 Å². The Morgan fingerprint density at radius 3 is 2.96 bits per heavy atom. The van der Waals surface area contributed by atoms with E-state index in [1.54, 1.807) is 6.26 Å². The minimum Gasteiger partial charge on any atom is -0.468 e. The molecule has 0 aromatic carbocycles. The van der Waals surface area contributed by atoms with Gasteiger partial charge in [-0.25, -0.2) is 0 Å². The average Bonchev–Trinajstić information content (AvgIpc) is 3.35. The van der Waals surface area contributed by atoms with Crippen molar-refractivity contribution in [2.24, 2.45) is 7.05 Å². The molecular formula is C21H31N5O2. The van der Waals surface area contributed by atoms with Gasteiger partial charge < -0.3 is 20.0 Å². The molecule has 0 bridgehead atoms. The molecule has 1 fully saturated rings. The van der Waals surface area contributed by atoms with Crippen LogP contribution in [0.3, 0.4) is 0 Å². The summed E-state index contributed by atoms with van der Waals surface area (Å²) in [4.78, 5) is 15.2. The molecule has 2 aliphatic rings. The quantitative estimate of drug-likeness (QED) is 0.761. The molecule has 2 N–H and O–H groups in total. The molecule has 1 aliphatic carbocycles. The van der Waals surface area contributed by atoms with Gasteiger partial charge in [0.2, 0.25) is 0 Å². The Hall–Kier alpha value is -2.12. The maximum Gasteiger partial charge on any atom is 0.272 e. The molecule has 0 unspecified atom stereocenters. The van der Waals surface area contributed by atoms with Crippen LogP contribution in [0.15, 0.2) is 22.8 Å². The molecule has 1 aliphatic heterocycles. The minimum atomic E-state index is -0.0412. The highest BCUT2D eigenvalue weighted by molar-refractivity contribution is 5.94. The number of furan rings is 1. The van der Waals surface area contributed by atoms with E-state index in [1.807, 2.05) is 23.9 Å². The second-order valence-electron chi connectivity index (χ2n) is 7.96. The maximum atomic E-state index is 12.8. The summed E-state index contributed by atoms with van der Waals surface area (Å²) in [5.74, 6) is 0.896. The summed E-state index contributed by atoms with van der Waals surface area (Å²) in [6.07, 6.45) is 8.39. The number of rotatable bonds is 7. The summed E-state index contributed by atoms with van der Waals surface area (Å²) in [6, 6.07) is 4.22. The van der Waals surface area contributed by atoms with Crippen molar-refractivity contribution in [1.29, 1.82) is 0 Å². The fourth-order valence-corrected chi connectivity index (χ4v) is 4.40. The van der Waals surface area contributed by atoms with Gasteiger partial charge in [-0.1, -0.05) is 6.42 Å². The van der Waals surface area contributed by atoms with Gasteiger partial charge in [0.1, 0.15) is 5.76 Å². The van der Waals surface area contributed by atoms with Gasteiger partial charge in [-0.3, -0.25) is 9.48 Å². The number of aromatic nitrogens is 2. The third-order valence-electron chi connectivity index (χ3n) is 5.98. The number of carbonyl (C=O) groups is 1. The molecule has 28 heavy (non-hydrogen) atoms. The molecule has 0 radical (unpaired) electrons. The number of likely N-dealkylation sites (tertiary alicyclic amines) is 1. The van der Waals surface area contributed by atoms with Crippen molar-refractivity contribution in [2.45, 2.75) is 51.1 Å². The van der Waals surface area contributed by atoms with Crippen LogP contribution in [0.1, 0.15) is 53.2 Å². The largest absolute Gasteiger partial charge is 0.468 e.